The Labute approximate surface area is 165 Å². The van der Waals surface area contributed by atoms with Gasteiger partial charge in [-0.15, -0.1) is 0 Å². The van der Waals surface area contributed by atoms with E-state index in [9.17, 15) is 4.79 Å². The summed E-state index contributed by atoms with van der Waals surface area (Å²) < 4.78 is 5.63. The van der Waals surface area contributed by atoms with Crippen molar-refractivity contribution in [3.05, 3.63) is 70.9 Å². The van der Waals surface area contributed by atoms with Crippen molar-refractivity contribution >= 4 is 16.8 Å². The van der Waals surface area contributed by atoms with Gasteiger partial charge in [0.2, 0.25) is 5.91 Å². The normalized spacial score (nSPS) is 18.8. The molecular formula is C24H26N2O2. The van der Waals surface area contributed by atoms with Gasteiger partial charge in [0.15, 0.2) is 0 Å². The van der Waals surface area contributed by atoms with Gasteiger partial charge in [0, 0.05) is 54.9 Å². The van der Waals surface area contributed by atoms with Crippen molar-refractivity contribution in [1.29, 1.82) is 0 Å². The first kappa shape index (κ1) is 17.5. The van der Waals surface area contributed by atoms with Gasteiger partial charge < -0.3 is 14.6 Å². The molecule has 1 N–H and O–H groups in total. The lowest BCUT2D eigenvalue weighted by molar-refractivity contribution is -0.142. The number of carbonyl (C=O) groups excluding carboxylic acids is 1. The molecule has 0 unspecified atom stereocenters. The van der Waals surface area contributed by atoms with Gasteiger partial charge >= 0.3 is 0 Å². The van der Waals surface area contributed by atoms with Gasteiger partial charge in [0.05, 0.1) is 5.41 Å². The van der Waals surface area contributed by atoms with E-state index in [2.05, 4.69) is 65.3 Å². The lowest BCUT2D eigenvalue weighted by Crippen LogP contribution is -2.51. The minimum absolute atomic E-state index is 0.260. The molecule has 0 spiro atoms. The molecule has 0 saturated carbocycles. The SMILES string of the molecule is Cc1ccc(C2(C(=O)N3CCc4[nH]c5ccccc5c4C3)CCOCC2)cc1. The number of H-pyrrole nitrogens is 1. The molecule has 1 aromatic heterocycles. The molecule has 3 heterocycles. The highest BCUT2D eigenvalue weighted by atomic mass is 16.5. The Hall–Kier alpha value is -2.59. The molecule has 0 atom stereocenters. The molecular weight excluding hydrogens is 348 g/mol. The predicted octanol–water partition coefficient (Wildman–Crippen LogP) is 4.11. The number of aryl methyl sites for hydroxylation is 1. The largest absolute Gasteiger partial charge is 0.381 e. The van der Waals surface area contributed by atoms with Crippen molar-refractivity contribution < 1.29 is 9.53 Å². The van der Waals surface area contributed by atoms with Gasteiger partial charge in [0.25, 0.3) is 0 Å². The molecule has 28 heavy (non-hydrogen) atoms. The number of amides is 1. The van der Waals surface area contributed by atoms with Crippen LogP contribution >= 0.6 is 0 Å². The van der Waals surface area contributed by atoms with Crippen molar-refractivity contribution in [1.82, 2.24) is 9.88 Å². The number of hydrogen-bond acceptors (Lipinski definition) is 2. The van der Waals surface area contributed by atoms with Crippen LogP contribution in [0.25, 0.3) is 10.9 Å². The number of nitrogens with one attached hydrogen (secondary N) is 1. The van der Waals surface area contributed by atoms with Crippen LogP contribution in [0.4, 0.5) is 0 Å². The van der Waals surface area contributed by atoms with Crippen molar-refractivity contribution in [3.8, 4) is 0 Å². The molecule has 3 aromatic rings. The molecule has 4 nitrogen and oxygen atoms in total. The molecule has 2 aromatic carbocycles. The number of nitrogens with zero attached hydrogens (tertiary/aromatic N) is 1. The Morgan fingerprint density at radius 2 is 1.82 bits per heavy atom. The average molecular weight is 374 g/mol. The van der Waals surface area contributed by atoms with E-state index in [1.54, 1.807) is 0 Å². The number of fused-ring (bicyclic) bond motifs is 3. The minimum atomic E-state index is -0.463. The zero-order chi connectivity index (χ0) is 19.1. The molecule has 2 aliphatic rings. The van der Waals surface area contributed by atoms with Crippen LogP contribution in [0.1, 0.15) is 35.2 Å². The second kappa shape index (κ2) is 6.78. The summed E-state index contributed by atoms with van der Waals surface area (Å²) in [6.07, 6.45) is 2.40. The van der Waals surface area contributed by atoms with Crippen molar-refractivity contribution in [3.63, 3.8) is 0 Å². The van der Waals surface area contributed by atoms with E-state index in [4.69, 9.17) is 4.74 Å². The van der Waals surface area contributed by atoms with Gasteiger partial charge in [-0.1, -0.05) is 48.0 Å². The molecule has 0 bridgehead atoms. The molecule has 0 aliphatic carbocycles. The maximum atomic E-state index is 13.9. The number of aromatic amines is 1. The Balaban J connectivity index is 1.51. The van der Waals surface area contributed by atoms with Gasteiger partial charge in [0.1, 0.15) is 0 Å². The molecule has 1 saturated heterocycles. The van der Waals surface area contributed by atoms with Crippen molar-refractivity contribution in [2.24, 2.45) is 0 Å². The van der Waals surface area contributed by atoms with Crippen molar-refractivity contribution in [2.45, 2.75) is 38.1 Å². The third kappa shape index (κ3) is 2.75. The molecule has 1 amide bonds. The number of benzene rings is 2. The fourth-order valence-electron chi connectivity index (χ4n) is 4.86. The summed E-state index contributed by atoms with van der Waals surface area (Å²) >= 11 is 0. The maximum absolute atomic E-state index is 13.9. The first-order valence-corrected chi connectivity index (χ1v) is 10.2. The van der Waals surface area contributed by atoms with Crippen LogP contribution in [-0.2, 0) is 27.9 Å². The summed E-state index contributed by atoms with van der Waals surface area (Å²) in [5.41, 5.74) is 5.62. The molecule has 5 rings (SSSR count). The van der Waals surface area contributed by atoms with E-state index in [0.29, 0.717) is 19.8 Å². The first-order valence-electron chi connectivity index (χ1n) is 10.2. The van der Waals surface area contributed by atoms with E-state index in [0.717, 1.165) is 31.4 Å². The highest BCUT2D eigenvalue weighted by Crippen LogP contribution is 2.39. The smallest absolute Gasteiger partial charge is 0.233 e. The van der Waals surface area contributed by atoms with Crippen molar-refractivity contribution in [2.75, 3.05) is 19.8 Å². The van der Waals surface area contributed by atoms with E-state index in [-0.39, 0.29) is 5.91 Å². The van der Waals surface area contributed by atoms with Gasteiger partial charge in [-0.05, 0) is 31.4 Å². The summed E-state index contributed by atoms with van der Waals surface area (Å²) in [5, 5.41) is 1.24. The topological polar surface area (TPSA) is 45.3 Å². The quantitative estimate of drug-likeness (QED) is 0.734. The summed E-state index contributed by atoms with van der Waals surface area (Å²) in [6.45, 7) is 4.84. The van der Waals surface area contributed by atoms with Crippen LogP contribution in [0.15, 0.2) is 48.5 Å². The fourth-order valence-corrected chi connectivity index (χ4v) is 4.86. The lowest BCUT2D eigenvalue weighted by Gasteiger charge is -2.41. The molecule has 2 aliphatic heterocycles. The molecule has 1 fully saturated rings. The lowest BCUT2D eigenvalue weighted by atomic mass is 9.72. The monoisotopic (exact) mass is 374 g/mol. The summed E-state index contributed by atoms with van der Waals surface area (Å²) in [7, 11) is 0. The minimum Gasteiger partial charge on any atom is -0.381 e. The number of rotatable bonds is 2. The predicted molar refractivity (Wildman–Crippen MR) is 110 cm³/mol. The summed E-state index contributed by atoms with van der Waals surface area (Å²) in [4.78, 5) is 19.5. The molecule has 0 radical (unpaired) electrons. The van der Waals surface area contributed by atoms with E-state index >= 15 is 0 Å². The number of hydrogen-bond donors (Lipinski definition) is 1. The number of aromatic nitrogens is 1. The maximum Gasteiger partial charge on any atom is 0.233 e. The van der Waals surface area contributed by atoms with E-state index < -0.39 is 5.41 Å². The number of carbonyl (C=O) groups is 1. The van der Waals surface area contributed by atoms with Gasteiger partial charge in [-0.25, -0.2) is 0 Å². The summed E-state index contributed by atoms with van der Waals surface area (Å²) in [6, 6.07) is 16.9. The third-order valence-corrected chi connectivity index (χ3v) is 6.53. The highest BCUT2D eigenvalue weighted by Gasteiger charge is 2.44. The zero-order valence-corrected chi connectivity index (χ0v) is 16.3. The Kier molecular flexibility index (Phi) is 4.24. The Bertz CT molecular complexity index is 1010. The zero-order valence-electron chi connectivity index (χ0n) is 16.3. The number of ether oxygens (including phenoxy) is 1. The van der Waals surface area contributed by atoms with E-state index in [1.807, 2.05) is 0 Å². The van der Waals surface area contributed by atoms with Crippen LogP contribution in [0, 0.1) is 6.92 Å². The highest BCUT2D eigenvalue weighted by molar-refractivity contribution is 5.90. The second-order valence-corrected chi connectivity index (χ2v) is 8.16. The van der Waals surface area contributed by atoms with Crippen LogP contribution in [-0.4, -0.2) is 35.5 Å². The Morgan fingerprint density at radius 1 is 1.07 bits per heavy atom. The summed E-state index contributed by atoms with van der Waals surface area (Å²) in [5.74, 6) is 0.260. The standard InChI is InChI=1S/C24H26N2O2/c1-17-6-8-18(9-7-17)24(11-14-28-15-12-24)23(27)26-13-10-22-20(16-26)19-4-2-3-5-21(19)25-22/h2-9,25H,10-16H2,1H3. The fraction of sp³-hybridized carbons (Fsp3) is 0.375. The average Bonchev–Trinajstić information content (AvgIpc) is 3.12. The first-order chi connectivity index (χ1) is 13.7. The van der Waals surface area contributed by atoms with Gasteiger partial charge in [-0.2, -0.15) is 0 Å². The number of para-hydroxylation sites is 1. The van der Waals surface area contributed by atoms with Gasteiger partial charge in [-0.3, -0.25) is 4.79 Å². The second-order valence-electron chi connectivity index (χ2n) is 8.16. The van der Waals surface area contributed by atoms with E-state index in [1.165, 1.54) is 27.7 Å². The third-order valence-electron chi connectivity index (χ3n) is 6.53. The van der Waals surface area contributed by atoms with Crippen LogP contribution < -0.4 is 0 Å². The van der Waals surface area contributed by atoms with Crippen LogP contribution in [0.5, 0.6) is 0 Å². The van der Waals surface area contributed by atoms with Crippen LogP contribution in [0.3, 0.4) is 0 Å². The molecule has 4 heteroatoms. The van der Waals surface area contributed by atoms with Crippen LogP contribution in [0.2, 0.25) is 0 Å². The molecule has 144 valence electrons. The Morgan fingerprint density at radius 3 is 2.61 bits per heavy atom.